The van der Waals surface area contributed by atoms with E-state index in [4.69, 9.17) is 0 Å². The fourth-order valence-electron chi connectivity index (χ4n) is 4.95. The van der Waals surface area contributed by atoms with Crippen LogP contribution in [0.4, 0.5) is 5.69 Å². The number of nitrogens with one attached hydrogen (secondary N) is 2. The number of pyridine rings is 1. The summed E-state index contributed by atoms with van der Waals surface area (Å²) in [7, 11) is 0. The summed E-state index contributed by atoms with van der Waals surface area (Å²) in [6, 6.07) is 21.4. The molecule has 1 aliphatic rings. The topological polar surface area (TPSA) is 37.0 Å². The second-order valence-corrected chi connectivity index (χ2v) is 9.00. The summed E-state index contributed by atoms with van der Waals surface area (Å²) in [5, 5.41) is 7.44. The minimum atomic E-state index is 0.834. The Labute approximate surface area is 199 Å². The minimum Gasteiger partial charge on any atom is -0.358 e. The largest absolute Gasteiger partial charge is 0.358 e. The smallest absolute Gasteiger partial charge is 0.0438 e. The normalized spacial score (nSPS) is 13.9. The fraction of sp³-hybridized carbons (Fsp3) is 0.367. The average molecular weight is 440 g/mol. The number of benzene rings is 2. The van der Waals surface area contributed by atoms with Gasteiger partial charge in [0, 0.05) is 29.8 Å². The summed E-state index contributed by atoms with van der Waals surface area (Å²) in [4.78, 5) is 4.62. The Kier molecular flexibility index (Phi) is 8.32. The van der Waals surface area contributed by atoms with Gasteiger partial charge in [-0.05, 0) is 104 Å². The van der Waals surface area contributed by atoms with Gasteiger partial charge in [-0.15, -0.1) is 0 Å². The van der Waals surface area contributed by atoms with Crippen LogP contribution in [-0.4, -0.2) is 18.1 Å². The van der Waals surface area contributed by atoms with Crippen LogP contribution in [0.2, 0.25) is 0 Å². The quantitative estimate of drug-likeness (QED) is 0.344. The standard InChI is InChI=1S/C30H37N3/c1-3-26(27-16-8-7-12-23(27)2)30(33-25-14-5-4-6-15-25)22-31-20-11-13-24-19-21-32-29-18-10-9-17-28(24)29/h4-8,12,14-16,19,21,31,33H,3,9-11,13,17-18,20,22H2,1-2H3/b30-26-. The molecule has 0 spiro atoms. The van der Waals surface area contributed by atoms with Crippen molar-refractivity contribution in [2.24, 2.45) is 0 Å². The average Bonchev–Trinajstić information content (AvgIpc) is 2.86. The summed E-state index contributed by atoms with van der Waals surface area (Å²) in [5.41, 5.74) is 10.8. The Bertz CT molecular complexity index is 1070. The molecule has 0 aliphatic heterocycles. The van der Waals surface area contributed by atoms with E-state index < -0.39 is 0 Å². The highest BCUT2D eigenvalue weighted by Crippen LogP contribution is 2.26. The molecule has 3 nitrogen and oxygen atoms in total. The molecule has 0 amide bonds. The van der Waals surface area contributed by atoms with Crippen molar-refractivity contribution in [3.63, 3.8) is 0 Å². The van der Waals surface area contributed by atoms with Crippen LogP contribution < -0.4 is 10.6 Å². The lowest BCUT2D eigenvalue weighted by Crippen LogP contribution is -2.23. The van der Waals surface area contributed by atoms with E-state index in [0.717, 1.165) is 44.5 Å². The number of rotatable bonds is 10. The van der Waals surface area contributed by atoms with Gasteiger partial charge < -0.3 is 10.6 Å². The summed E-state index contributed by atoms with van der Waals surface area (Å²) < 4.78 is 0. The van der Waals surface area contributed by atoms with E-state index in [1.54, 1.807) is 0 Å². The van der Waals surface area contributed by atoms with Crippen LogP contribution >= 0.6 is 0 Å². The molecule has 4 rings (SSSR count). The van der Waals surface area contributed by atoms with Gasteiger partial charge in [-0.1, -0.05) is 49.4 Å². The first kappa shape index (κ1) is 23.3. The van der Waals surface area contributed by atoms with Gasteiger partial charge in [0.15, 0.2) is 0 Å². The van der Waals surface area contributed by atoms with E-state index in [0.29, 0.717) is 0 Å². The molecule has 0 bridgehead atoms. The van der Waals surface area contributed by atoms with Crippen LogP contribution in [0.15, 0.2) is 72.6 Å². The minimum absolute atomic E-state index is 0.834. The molecule has 3 aromatic rings. The van der Waals surface area contributed by atoms with E-state index in [2.05, 4.69) is 90.1 Å². The number of aromatic nitrogens is 1. The summed E-state index contributed by atoms with van der Waals surface area (Å²) in [5.74, 6) is 0. The number of fused-ring (bicyclic) bond motifs is 1. The number of para-hydroxylation sites is 1. The van der Waals surface area contributed by atoms with Gasteiger partial charge in [-0.3, -0.25) is 4.98 Å². The first-order valence-corrected chi connectivity index (χ1v) is 12.5. The van der Waals surface area contributed by atoms with Gasteiger partial charge in [0.05, 0.1) is 0 Å². The molecule has 172 valence electrons. The fourth-order valence-corrected chi connectivity index (χ4v) is 4.95. The van der Waals surface area contributed by atoms with Gasteiger partial charge in [0.1, 0.15) is 0 Å². The number of nitrogens with zero attached hydrogens (tertiary/aromatic N) is 1. The first-order valence-electron chi connectivity index (χ1n) is 12.5. The predicted octanol–water partition coefficient (Wildman–Crippen LogP) is 6.72. The number of hydrogen-bond donors (Lipinski definition) is 2. The van der Waals surface area contributed by atoms with Crippen molar-refractivity contribution in [3.05, 3.63) is 101 Å². The van der Waals surface area contributed by atoms with Crippen LogP contribution in [0, 0.1) is 6.92 Å². The van der Waals surface area contributed by atoms with Crippen molar-refractivity contribution < 1.29 is 0 Å². The second kappa shape index (κ2) is 11.8. The summed E-state index contributed by atoms with van der Waals surface area (Å²) >= 11 is 0. The number of allylic oxidation sites excluding steroid dienone is 1. The van der Waals surface area contributed by atoms with Gasteiger partial charge in [-0.2, -0.15) is 0 Å². The maximum atomic E-state index is 4.62. The van der Waals surface area contributed by atoms with E-state index in [-0.39, 0.29) is 0 Å². The van der Waals surface area contributed by atoms with E-state index in [1.165, 1.54) is 58.5 Å². The predicted molar refractivity (Wildman–Crippen MR) is 141 cm³/mol. The Morgan fingerprint density at radius 1 is 0.939 bits per heavy atom. The van der Waals surface area contributed by atoms with Crippen molar-refractivity contribution in [2.45, 2.75) is 58.8 Å². The molecule has 1 aromatic heterocycles. The van der Waals surface area contributed by atoms with Gasteiger partial charge in [0.2, 0.25) is 0 Å². The molecule has 3 heteroatoms. The molecule has 1 aliphatic carbocycles. The molecule has 2 N–H and O–H groups in total. The third-order valence-corrected chi connectivity index (χ3v) is 6.69. The molecule has 0 radical (unpaired) electrons. The molecule has 33 heavy (non-hydrogen) atoms. The van der Waals surface area contributed by atoms with E-state index in [9.17, 15) is 0 Å². The van der Waals surface area contributed by atoms with Crippen LogP contribution in [-0.2, 0) is 19.3 Å². The Balaban J connectivity index is 1.43. The van der Waals surface area contributed by atoms with Crippen molar-refractivity contribution >= 4 is 11.3 Å². The number of anilines is 1. The molecule has 0 atom stereocenters. The third kappa shape index (κ3) is 6.11. The lowest BCUT2D eigenvalue weighted by molar-refractivity contribution is 0.645. The second-order valence-electron chi connectivity index (χ2n) is 9.00. The van der Waals surface area contributed by atoms with Crippen LogP contribution in [0.25, 0.3) is 5.57 Å². The Morgan fingerprint density at radius 3 is 2.55 bits per heavy atom. The highest BCUT2D eigenvalue weighted by Gasteiger charge is 2.14. The number of aryl methyl sites for hydroxylation is 3. The lowest BCUT2D eigenvalue weighted by Gasteiger charge is -2.20. The lowest BCUT2D eigenvalue weighted by atomic mass is 9.91. The molecule has 0 saturated heterocycles. The molecule has 0 saturated carbocycles. The summed E-state index contributed by atoms with van der Waals surface area (Å²) in [6.45, 7) is 6.29. The van der Waals surface area contributed by atoms with Crippen molar-refractivity contribution in [3.8, 4) is 0 Å². The van der Waals surface area contributed by atoms with Crippen LogP contribution in [0.3, 0.4) is 0 Å². The number of hydrogen-bond acceptors (Lipinski definition) is 3. The van der Waals surface area contributed by atoms with Crippen LogP contribution in [0.5, 0.6) is 0 Å². The summed E-state index contributed by atoms with van der Waals surface area (Å²) in [6.07, 6.45) is 10.2. The zero-order valence-corrected chi connectivity index (χ0v) is 20.2. The van der Waals surface area contributed by atoms with Gasteiger partial charge >= 0.3 is 0 Å². The maximum Gasteiger partial charge on any atom is 0.0438 e. The maximum absolute atomic E-state index is 4.62. The molecule has 0 fully saturated rings. The Morgan fingerprint density at radius 2 is 1.73 bits per heavy atom. The van der Waals surface area contributed by atoms with Gasteiger partial charge in [-0.25, -0.2) is 0 Å². The molecule has 1 heterocycles. The zero-order chi connectivity index (χ0) is 22.9. The highest BCUT2D eigenvalue weighted by atomic mass is 15.0. The third-order valence-electron chi connectivity index (χ3n) is 6.69. The monoisotopic (exact) mass is 439 g/mol. The Hall–Kier alpha value is -2.91. The SMILES string of the molecule is CC/C(=C(\CNCCCc1ccnc2c1CCCC2)Nc1ccccc1)c1ccccc1C. The van der Waals surface area contributed by atoms with E-state index in [1.807, 2.05) is 6.20 Å². The van der Waals surface area contributed by atoms with E-state index >= 15 is 0 Å². The zero-order valence-electron chi connectivity index (χ0n) is 20.2. The first-order chi connectivity index (χ1) is 16.3. The van der Waals surface area contributed by atoms with Crippen LogP contribution in [0.1, 0.15) is 60.6 Å². The van der Waals surface area contributed by atoms with Crippen molar-refractivity contribution in [1.82, 2.24) is 10.3 Å². The van der Waals surface area contributed by atoms with Gasteiger partial charge in [0.25, 0.3) is 0 Å². The molecule has 0 unspecified atom stereocenters. The van der Waals surface area contributed by atoms with Crippen molar-refractivity contribution in [1.29, 1.82) is 0 Å². The molecular weight excluding hydrogens is 402 g/mol. The molecule has 2 aromatic carbocycles. The van der Waals surface area contributed by atoms with Crippen molar-refractivity contribution in [2.75, 3.05) is 18.4 Å². The highest BCUT2D eigenvalue weighted by molar-refractivity contribution is 5.74. The molecular formula is C30H37N3.